The number of nitrogens with zero attached hydrogens (tertiary/aromatic N) is 2. The van der Waals surface area contributed by atoms with Crippen molar-refractivity contribution >= 4 is 23.2 Å². The number of carbonyl (C=O) groups is 2. The van der Waals surface area contributed by atoms with Gasteiger partial charge in [-0.05, 0) is 67.3 Å². The molecule has 1 aliphatic heterocycles. The predicted molar refractivity (Wildman–Crippen MR) is 130 cm³/mol. The van der Waals surface area contributed by atoms with Crippen LogP contribution in [0.25, 0.3) is 11.5 Å². The average Bonchev–Trinajstić information content (AvgIpc) is 3.47. The molecule has 0 bridgehead atoms. The van der Waals surface area contributed by atoms with Crippen LogP contribution in [0.15, 0.2) is 83.3 Å². The van der Waals surface area contributed by atoms with Crippen LogP contribution in [0.2, 0.25) is 0 Å². The smallest absolute Gasteiger partial charge is 0.277 e. The van der Waals surface area contributed by atoms with E-state index in [0.29, 0.717) is 35.1 Å². The Morgan fingerprint density at radius 1 is 0.912 bits per heavy atom. The number of oxazole rings is 1. The van der Waals surface area contributed by atoms with Gasteiger partial charge in [-0.3, -0.25) is 9.59 Å². The third-order valence-electron chi connectivity index (χ3n) is 6.36. The summed E-state index contributed by atoms with van der Waals surface area (Å²) in [4.78, 5) is 32.4. The molecule has 1 aromatic heterocycles. The van der Waals surface area contributed by atoms with Crippen LogP contribution in [0.4, 0.5) is 11.4 Å². The second-order valence-corrected chi connectivity index (χ2v) is 8.74. The number of para-hydroxylation sites is 1. The Morgan fingerprint density at radius 3 is 2.41 bits per heavy atom. The molecule has 3 aromatic carbocycles. The van der Waals surface area contributed by atoms with Gasteiger partial charge in [0.25, 0.3) is 11.8 Å². The quantitative estimate of drug-likeness (QED) is 0.426. The maximum atomic E-state index is 13.1. The Balaban J connectivity index is 1.20. The summed E-state index contributed by atoms with van der Waals surface area (Å²) in [6.45, 7) is 0.677. The molecule has 1 saturated carbocycles. The van der Waals surface area contributed by atoms with Crippen LogP contribution in [0.5, 0.6) is 0 Å². The minimum Gasteiger partial charge on any atom is -0.440 e. The number of hydrogen-bond donors (Lipinski definition) is 1. The third kappa shape index (κ3) is 3.77. The van der Waals surface area contributed by atoms with E-state index in [1.165, 1.54) is 5.56 Å². The van der Waals surface area contributed by atoms with Crippen molar-refractivity contribution < 1.29 is 14.0 Å². The molecule has 1 fully saturated rings. The van der Waals surface area contributed by atoms with Crippen LogP contribution >= 0.6 is 0 Å². The molecule has 2 aliphatic rings. The summed E-state index contributed by atoms with van der Waals surface area (Å²) in [6, 6.07) is 24.6. The largest absolute Gasteiger partial charge is 0.440 e. The van der Waals surface area contributed by atoms with Crippen molar-refractivity contribution in [3.05, 3.63) is 101 Å². The Bertz CT molecular complexity index is 1370. The highest BCUT2D eigenvalue weighted by Crippen LogP contribution is 2.43. The number of benzene rings is 3. The lowest BCUT2D eigenvalue weighted by atomic mass is 10.1. The summed E-state index contributed by atoms with van der Waals surface area (Å²) in [5.41, 5.74) is 4.52. The number of nitrogens with one attached hydrogen (secondary N) is 1. The van der Waals surface area contributed by atoms with Crippen LogP contribution in [0.1, 0.15) is 50.9 Å². The van der Waals surface area contributed by atoms with Crippen molar-refractivity contribution in [1.29, 1.82) is 0 Å². The van der Waals surface area contributed by atoms with Gasteiger partial charge in [0.15, 0.2) is 5.69 Å². The van der Waals surface area contributed by atoms with E-state index in [9.17, 15) is 9.59 Å². The van der Waals surface area contributed by atoms with E-state index in [2.05, 4.69) is 16.4 Å². The number of hydrogen-bond acceptors (Lipinski definition) is 4. The minimum absolute atomic E-state index is 0.0390. The zero-order valence-corrected chi connectivity index (χ0v) is 18.5. The van der Waals surface area contributed by atoms with Gasteiger partial charge in [0.05, 0.1) is 0 Å². The normalized spacial score (nSPS) is 14.6. The molecule has 0 saturated heterocycles. The van der Waals surface area contributed by atoms with Gasteiger partial charge in [-0.15, -0.1) is 0 Å². The first-order chi connectivity index (χ1) is 16.7. The van der Waals surface area contributed by atoms with Crippen LogP contribution in [-0.4, -0.2) is 23.3 Å². The van der Waals surface area contributed by atoms with Gasteiger partial charge in [0.2, 0.25) is 5.89 Å². The molecular formula is C28H23N3O3. The summed E-state index contributed by atoms with van der Waals surface area (Å²) in [7, 11) is 0. The summed E-state index contributed by atoms with van der Waals surface area (Å²) < 4.78 is 6.00. The molecule has 6 rings (SSSR count). The fourth-order valence-corrected chi connectivity index (χ4v) is 4.41. The molecule has 0 unspecified atom stereocenters. The molecule has 2 heterocycles. The van der Waals surface area contributed by atoms with E-state index in [1.807, 2.05) is 53.4 Å². The number of rotatable bonds is 5. The highest BCUT2D eigenvalue weighted by atomic mass is 16.4. The number of anilines is 2. The lowest BCUT2D eigenvalue weighted by molar-refractivity contribution is 0.0988. The van der Waals surface area contributed by atoms with Gasteiger partial charge in [0, 0.05) is 35.0 Å². The predicted octanol–water partition coefficient (Wildman–Crippen LogP) is 5.67. The van der Waals surface area contributed by atoms with E-state index in [1.54, 1.807) is 24.3 Å². The van der Waals surface area contributed by atoms with Gasteiger partial charge < -0.3 is 14.6 Å². The van der Waals surface area contributed by atoms with Gasteiger partial charge in [-0.2, -0.15) is 0 Å². The zero-order chi connectivity index (χ0) is 23.1. The Labute approximate surface area is 197 Å². The number of fused-ring (bicyclic) bond motifs is 1. The Hall–Kier alpha value is -4.19. The highest BCUT2D eigenvalue weighted by molar-refractivity contribution is 6.08. The van der Waals surface area contributed by atoms with Crippen molar-refractivity contribution in [3.63, 3.8) is 0 Å². The molecule has 1 aliphatic carbocycles. The van der Waals surface area contributed by atoms with Crippen molar-refractivity contribution in [2.45, 2.75) is 25.2 Å². The zero-order valence-electron chi connectivity index (χ0n) is 18.5. The summed E-state index contributed by atoms with van der Waals surface area (Å²) in [5, 5.41) is 2.91. The van der Waals surface area contributed by atoms with E-state index in [-0.39, 0.29) is 17.7 Å². The fraction of sp³-hybridized carbons (Fsp3) is 0.179. The second-order valence-electron chi connectivity index (χ2n) is 8.74. The maximum Gasteiger partial charge on any atom is 0.277 e. The Kier molecular flexibility index (Phi) is 4.99. The summed E-state index contributed by atoms with van der Waals surface area (Å²) in [5.74, 6) is 1.01. The van der Waals surface area contributed by atoms with Gasteiger partial charge in [-0.25, -0.2) is 4.98 Å². The van der Waals surface area contributed by atoms with Gasteiger partial charge >= 0.3 is 0 Å². The number of carbonyl (C=O) groups excluding carboxylic acids is 2. The molecule has 6 heteroatoms. The molecule has 34 heavy (non-hydrogen) atoms. The standard InChI is InChI=1S/C28H23N3O3/c32-26(24-25(19-10-11-19)34-27(30-24)20-7-2-1-3-8-20)29-22-14-12-21(13-15-22)28(33)31-17-16-18-6-4-5-9-23(18)31/h1-9,12-15,19H,10-11,16-17H2,(H,29,32). The van der Waals surface area contributed by atoms with Crippen LogP contribution in [-0.2, 0) is 6.42 Å². The van der Waals surface area contributed by atoms with E-state index in [0.717, 1.165) is 30.5 Å². The molecule has 0 radical (unpaired) electrons. The van der Waals surface area contributed by atoms with Gasteiger partial charge in [0.1, 0.15) is 5.76 Å². The van der Waals surface area contributed by atoms with Crippen LogP contribution < -0.4 is 10.2 Å². The average molecular weight is 450 g/mol. The fourth-order valence-electron chi connectivity index (χ4n) is 4.41. The molecule has 4 aromatic rings. The molecule has 0 spiro atoms. The summed E-state index contributed by atoms with van der Waals surface area (Å²) >= 11 is 0. The second kappa shape index (κ2) is 8.30. The molecule has 6 nitrogen and oxygen atoms in total. The number of aromatic nitrogens is 1. The van der Waals surface area contributed by atoms with E-state index >= 15 is 0 Å². The molecular weight excluding hydrogens is 426 g/mol. The lowest BCUT2D eigenvalue weighted by Crippen LogP contribution is -2.28. The molecule has 0 atom stereocenters. The summed E-state index contributed by atoms with van der Waals surface area (Å²) in [6.07, 6.45) is 2.86. The topological polar surface area (TPSA) is 75.4 Å². The SMILES string of the molecule is O=C(Nc1ccc(C(=O)N2CCc3ccccc32)cc1)c1nc(-c2ccccc2)oc1C1CC1. The number of amides is 2. The van der Waals surface area contributed by atoms with Gasteiger partial charge in [-0.1, -0.05) is 36.4 Å². The molecule has 168 valence electrons. The first-order valence-electron chi connectivity index (χ1n) is 11.5. The Morgan fingerprint density at radius 2 is 1.65 bits per heavy atom. The van der Waals surface area contributed by atoms with Crippen molar-refractivity contribution in [2.75, 3.05) is 16.8 Å². The minimum atomic E-state index is -0.305. The van der Waals surface area contributed by atoms with E-state index < -0.39 is 0 Å². The van der Waals surface area contributed by atoms with Crippen LogP contribution in [0.3, 0.4) is 0 Å². The first kappa shape index (κ1) is 20.4. The third-order valence-corrected chi connectivity index (χ3v) is 6.36. The highest BCUT2D eigenvalue weighted by Gasteiger charge is 2.34. The van der Waals surface area contributed by atoms with Crippen LogP contribution in [0, 0.1) is 0 Å². The lowest BCUT2D eigenvalue weighted by Gasteiger charge is -2.17. The molecule has 2 amide bonds. The monoisotopic (exact) mass is 449 g/mol. The van der Waals surface area contributed by atoms with Crippen molar-refractivity contribution in [2.24, 2.45) is 0 Å². The maximum absolute atomic E-state index is 13.1. The van der Waals surface area contributed by atoms with Crippen molar-refractivity contribution in [3.8, 4) is 11.5 Å². The van der Waals surface area contributed by atoms with E-state index in [4.69, 9.17) is 4.42 Å². The molecule has 1 N–H and O–H groups in total. The van der Waals surface area contributed by atoms with Crippen molar-refractivity contribution in [1.82, 2.24) is 4.98 Å². The first-order valence-corrected chi connectivity index (χ1v) is 11.5.